The highest BCUT2D eigenvalue weighted by Gasteiger charge is 2.07. The number of rotatable bonds is 6. The predicted molar refractivity (Wildman–Crippen MR) is 61.8 cm³/mol. The van der Waals surface area contributed by atoms with Crippen LogP contribution >= 0.6 is 11.3 Å². The van der Waals surface area contributed by atoms with Crippen LogP contribution in [0.4, 0.5) is 5.69 Å². The summed E-state index contributed by atoms with van der Waals surface area (Å²) in [6, 6.07) is 1.94. The standard InChI is InChI=1S/C9H15NO2S2/c1-2-6-14(11,12)7-4-10-9-3-5-13-8-9/h3,5,8,10H,2,4,6-7H2,1H3. The van der Waals surface area contributed by atoms with Gasteiger partial charge < -0.3 is 5.32 Å². The summed E-state index contributed by atoms with van der Waals surface area (Å²) >= 11 is 1.60. The van der Waals surface area contributed by atoms with Crippen molar-refractivity contribution in [3.8, 4) is 0 Å². The van der Waals surface area contributed by atoms with Gasteiger partial charge in [-0.25, -0.2) is 8.42 Å². The molecule has 80 valence electrons. The summed E-state index contributed by atoms with van der Waals surface area (Å²) in [6.07, 6.45) is 0.695. The lowest BCUT2D eigenvalue weighted by Crippen LogP contribution is -2.17. The first-order chi connectivity index (χ1) is 6.64. The minimum atomic E-state index is -2.84. The van der Waals surface area contributed by atoms with Gasteiger partial charge in [0.25, 0.3) is 0 Å². The molecule has 0 saturated carbocycles. The van der Waals surface area contributed by atoms with E-state index in [1.165, 1.54) is 0 Å². The number of nitrogens with one attached hydrogen (secondary N) is 1. The molecule has 1 rings (SSSR count). The van der Waals surface area contributed by atoms with Crippen molar-refractivity contribution in [2.45, 2.75) is 13.3 Å². The van der Waals surface area contributed by atoms with Crippen molar-refractivity contribution in [3.63, 3.8) is 0 Å². The van der Waals surface area contributed by atoms with Gasteiger partial charge in [-0.2, -0.15) is 11.3 Å². The van der Waals surface area contributed by atoms with Gasteiger partial charge in [-0.05, 0) is 17.9 Å². The summed E-state index contributed by atoms with van der Waals surface area (Å²) in [5.74, 6) is 0.509. The van der Waals surface area contributed by atoms with E-state index < -0.39 is 9.84 Å². The fraction of sp³-hybridized carbons (Fsp3) is 0.556. The van der Waals surface area contributed by atoms with Crippen LogP contribution in [-0.4, -0.2) is 26.5 Å². The molecule has 1 heterocycles. The lowest BCUT2D eigenvalue weighted by atomic mass is 10.5. The minimum Gasteiger partial charge on any atom is -0.383 e. The van der Waals surface area contributed by atoms with Crippen LogP contribution in [0, 0.1) is 0 Å². The summed E-state index contributed by atoms with van der Waals surface area (Å²) in [5.41, 5.74) is 1.00. The van der Waals surface area contributed by atoms with E-state index in [2.05, 4.69) is 5.32 Å². The van der Waals surface area contributed by atoms with Crippen LogP contribution in [0.5, 0.6) is 0 Å². The van der Waals surface area contributed by atoms with Gasteiger partial charge in [0.1, 0.15) is 0 Å². The molecule has 5 heteroatoms. The Kier molecular flexibility index (Phi) is 4.41. The zero-order chi connectivity index (χ0) is 10.4. The number of anilines is 1. The highest BCUT2D eigenvalue weighted by atomic mass is 32.2. The largest absolute Gasteiger partial charge is 0.383 e. The summed E-state index contributed by atoms with van der Waals surface area (Å²) in [4.78, 5) is 0. The lowest BCUT2D eigenvalue weighted by Gasteiger charge is -2.04. The highest BCUT2D eigenvalue weighted by Crippen LogP contribution is 2.11. The van der Waals surface area contributed by atoms with Crippen molar-refractivity contribution in [2.75, 3.05) is 23.4 Å². The Labute approximate surface area is 89.1 Å². The van der Waals surface area contributed by atoms with E-state index in [9.17, 15) is 8.42 Å². The first-order valence-corrected chi connectivity index (χ1v) is 7.37. The average molecular weight is 233 g/mol. The Morgan fingerprint density at radius 1 is 1.43 bits per heavy atom. The van der Waals surface area contributed by atoms with E-state index in [1.54, 1.807) is 11.3 Å². The second-order valence-electron chi connectivity index (χ2n) is 3.09. The van der Waals surface area contributed by atoms with Crippen LogP contribution in [0.2, 0.25) is 0 Å². The third kappa shape index (κ3) is 4.11. The molecule has 1 aromatic rings. The summed E-state index contributed by atoms with van der Waals surface area (Å²) in [7, 11) is -2.84. The SMILES string of the molecule is CCCS(=O)(=O)CCNc1ccsc1. The Hall–Kier alpha value is -0.550. The maximum atomic E-state index is 11.3. The molecule has 0 atom stereocenters. The molecule has 0 fully saturated rings. The van der Waals surface area contributed by atoms with E-state index in [0.717, 1.165) is 5.69 Å². The maximum Gasteiger partial charge on any atom is 0.152 e. The van der Waals surface area contributed by atoms with Crippen molar-refractivity contribution in [1.29, 1.82) is 0 Å². The van der Waals surface area contributed by atoms with Gasteiger partial charge in [0.15, 0.2) is 9.84 Å². The first-order valence-electron chi connectivity index (χ1n) is 4.60. The second kappa shape index (κ2) is 5.36. The van der Waals surface area contributed by atoms with Gasteiger partial charge in [0, 0.05) is 23.4 Å². The van der Waals surface area contributed by atoms with E-state index in [-0.39, 0.29) is 11.5 Å². The van der Waals surface area contributed by atoms with Crippen LogP contribution in [0.25, 0.3) is 0 Å². The van der Waals surface area contributed by atoms with Crippen molar-refractivity contribution >= 4 is 26.9 Å². The van der Waals surface area contributed by atoms with Crippen LogP contribution in [-0.2, 0) is 9.84 Å². The predicted octanol–water partition coefficient (Wildman–Crippen LogP) is 1.98. The third-order valence-electron chi connectivity index (χ3n) is 1.78. The van der Waals surface area contributed by atoms with Crippen molar-refractivity contribution < 1.29 is 8.42 Å². The molecule has 14 heavy (non-hydrogen) atoms. The molecule has 0 radical (unpaired) electrons. The van der Waals surface area contributed by atoms with Gasteiger partial charge in [-0.3, -0.25) is 0 Å². The first kappa shape index (κ1) is 11.5. The van der Waals surface area contributed by atoms with Gasteiger partial charge in [-0.1, -0.05) is 6.92 Å². The number of hydrogen-bond donors (Lipinski definition) is 1. The molecule has 0 aliphatic heterocycles. The molecule has 0 amide bonds. The summed E-state index contributed by atoms with van der Waals surface area (Å²) < 4.78 is 22.6. The Morgan fingerprint density at radius 3 is 2.79 bits per heavy atom. The molecular formula is C9H15NO2S2. The molecular weight excluding hydrogens is 218 g/mol. The van der Waals surface area contributed by atoms with Gasteiger partial charge in [-0.15, -0.1) is 0 Å². The summed E-state index contributed by atoms with van der Waals surface area (Å²) in [6.45, 7) is 2.38. The normalized spacial score (nSPS) is 11.5. The smallest absolute Gasteiger partial charge is 0.152 e. The second-order valence-corrected chi connectivity index (χ2v) is 6.17. The maximum absolute atomic E-state index is 11.3. The molecule has 0 aromatic carbocycles. The monoisotopic (exact) mass is 233 g/mol. The Balaban J connectivity index is 2.28. The molecule has 0 spiro atoms. The van der Waals surface area contributed by atoms with Crippen LogP contribution < -0.4 is 5.32 Å². The molecule has 1 N–H and O–H groups in total. The van der Waals surface area contributed by atoms with Gasteiger partial charge in [0.05, 0.1) is 5.75 Å². The number of sulfone groups is 1. The van der Waals surface area contributed by atoms with Crippen molar-refractivity contribution in [3.05, 3.63) is 16.8 Å². The van der Waals surface area contributed by atoms with Gasteiger partial charge in [0.2, 0.25) is 0 Å². The van der Waals surface area contributed by atoms with E-state index in [1.807, 2.05) is 23.8 Å². The Morgan fingerprint density at radius 2 is 2.21 bits per heavy atom. The topological polar surface area (TPSA) is 46.2 Å². The molecule has 3 nitrogen and oxygen atoms in total. The molecule has 0 aliphatic rings. The zero-order valence-electron chi connectivity index (χ0n) is 8.19. The molecule has 0 bridgehead atoms. The average Bonchev–Trinajstić information content (AvgIpc) is 2.56. The van der Waals surface area contributed by atoms with Gasteiger partial charge >= 0.3 is 0 Å². The lowest BCUT2D eigenvalue weighted by molar-refractivity contribution is 0.595. The molecule has 1 aromatic heterocycles. The molecule has 0 unspecified atom stereocenters. The van der Waals surface area contributed by atoms with Crippen molar-refractivity contribution in [1.82, 2.24) is 0 Å². The zero-order valence-corrected chi connectivity index (χ0v) is 9.83. The molecule has 0 aliphatic carbocycles. The quantitative estimate of drug-likeness (QED) is 0.817. The summed E-state index contributed by atoms with van der Waals surface area (Å²) in [5, 5.41) is 7.00. The third-order valence-corrected chi connectivity index (χ3v) is 4.32. The number of hydrogen-bond acceptors (Lipinski definition) is 4. The van der Waals surface area contributed by atoms with Crippen LogP contribution in [0.15, 0.2) is 16.8 Å². The number of thiophene rings is 1. The van der Waals surface area contributed by atoms with Crippen LogP contribution in [0.1, 0.15) is 13.3 Å². The highest BCUT2D eigenvalue weighted by molar-refractivity contribution is 7.91. The van der Waals surface area contributed by atoms with E-state index in [0.29, 0.717) is 13.0 Å². The van der Waals surface area contributed by atoms with E-state index in [4.69, 9.17) is 0 Å². The minimum absolute atomic E-state index is 0.219. The fourth-order valence-electron chi connectivity index (χ4n) is 1.13. The van der Waals surface area contributed by atoms with Crippen molar-refractivity contribution in [2.24, 2.45) is 0 Å². The fourth-order valence-corrected chi connectivity index (χ4v) is 2.98. The Bertz CT molecular complexity index is 343. The molecule has 0 saturated heterocycles. The van der Waals surface area contributed by atoms with E-state index >= 15 is 0 Å². The van der Waals surface area contributed by atoms with Crippen LogP contribution in [0.3, 0.4) is 0 Å².